The van der Waals surface area contributed by atoms with Gasteiger partial charge in [-0.1, -0.05) is 6.92 Å². The maximum absolute atomic E-state index is 15.0. The number of anilines is 1. The van der Waals surface area contributed by atoms with Crippen LogP contribution in [-0.4, -0.2) is 61.5 Å². The Hall–Kier alpha value is -2.26. The van der Waals surface area contributed by atoms with Gasteiger partial charge in [-0.25, -0.2) is 8.78 Å². The van der Waals surface area contributed by atoms with Crippen LogP contribution < -0.4 is 21.3 Å². The zero-order valence-electron chi connectivity index (χ0n) is 18.0. The van der Waals surface area contributed by atoms with Crippen LogP contribution in [0.3, 0.4) is 0 Å². The lowest BCUT2D eigenvalue weighted by Crippen LogP contribution is -2.66. The van der Waals surface area contributed by atoms with E-state index in [9.17, 15) is 14.0 Å². The Kier molecular flexibility index (Phi) is 5.91. The summed E-state index contributed by atoms with van der Waals surface area (Å²) in [6.45, 7) is 5.38. The van der Waals surface area contributed by atoms with E-state index in [1.54, 1.807) is 4.90 Å². The molecule has 0 radical (unpaired) electrons. The van der Waals surface area contributed by atoms with Crippen molar-refractivity contribution in [3.63, 3.8) is 0 Å². The zero-order valence-corrected chi connectivity index (χ0v) is 18.0. The summed E-state index contributed by atoms with van der Waals surface area (Å²) in [5.74, 6) is -1.48. The van der Waals surface area contributed by atoms with Gasteiger partial charge in [0, 0.05) is 30.1 Å². The third-order valence-electron chi connectivity index (χ3n) is 7.20. The highest BCUT2D eigenvalue weighted by Gasteiger charge is 2.40. The van der Waals surface area contributed by atoms with Gasteiger partial charge in [-0.05, 0) is 57.9 Å². The molecule has 0 aromatic heterocycles. The van der Waals surface area contributed by atoms with E-state index in [4.69, 9.17) is 5.73 Å². The van der Waals surface area contributed by atoms with Gasteiger partial charge in [-0.2, -0.15) is 0 Å². The number of benzene rings is 1. The van der Waals surface area contributed by atoms with E-state index >= 15 is 4.39 Å². The first-order valence-electron chi connectivity index (χ1n) is 11.0. The topological polar surface area (TPSA) is 90.7 Å². The highest BCUT2D eigenvalue weighted by atomic mass is 19.1. The van der Waals surface area contributed by atoms with Crippen molar-refractivity contribution in [2.24, 2.45) is 11.1 Å². The predicted octanol–water partition coefficient (Wildman–Crippen LogP) is 1.11. The molecule has 7 nitrogen and oxygen atoms in total. The molecule has 31 heavy (non-hydrogen) atoms. The van der Waals surface area contributed by atoms with Gasteiger partial charge in [0.25, 0.3) is 0 Å². The van der Waals surface area contributed by atoms with E-state index < -0.39 is 22.6 Å². The minimum atomic E-state index is -0.538. The third-order valence-corrected chi connectivity index (χ3v) is 7.20. The average Bonchev–Trinajstić information content (AvgIpc) is 2.72. The van der Waals surface area contributed by atoms with Gasteiger partial charge in [0.1, 0.15) is 11.6 Å². The van der Waals surface area contributed by atoms with Crippen LogP contribution in [0.5, 0.6) is 0 Å². The number of likely N-dealkylation sites (tertiary alicyclic amines) is 1. The van der Waals surface area contributed by atoms with Crippen LogP contribution in [0.2, 0.25) is 0 Å². The van der Waals surface area contributed by atoms with Gasteiger partial charge in [0.05, 0.1) is 17.8 Å². The molecule has 4 rings (SSSR count). The number of nitrogens with one attached hydrogen (secondary N) is 2. The van der Waals surface area contributed by atoms with Gasteiger partial charge in [-0.3, -0.25) is 14.5 Å². The van der Waals surface area contributed by atoms with Crippen molar-refractivity contribution < 1.29 is 18.4 Å². The van der Waals surface area contributed by atoms with Crippen LogP contribution in [0.15, 0.2) is 12.1 Å². The fourth-order valence-electron chi connectivity index (χ4n) is 4.96. The summed E-state index contributed by atoms with van der Waals surface area (Å²) in [4.78, 5) is 27.6. The molecule has 170 valence electrons. The predicted molar refractivity (Wildman–Crippen MR) is 113 cm³/mol. The fraction of sp³-hybridized carbons (Fsp3) is 0.636. The van der Waals surface area contributed by atoms with Crippen molar-refractivity contribution in [1.29, 1.82) is 0 Å². The molecular formula is C22H31F2N5O2. The van der Waals surface area contributed by atoms with Crippen molar-refractivity contribution >= 4 is 17.5 Å². The maximum atomic E-state index is 15.0. The Morgan fingerprint density at radius 3 is 2.45 bits per heavy atom. The Bertz CT molecular complexity index is 864. The molecule has 2 amide bonds. The van der Waals surface area contributed by atoms with Crippen LogP contribution >= 0.6 is 0 Å². The summed E-state index contributed by atoms with van der Waals surface area (Å²) in [6.07, 6.45) is 2.72. The number of piperazine rings is 1. The van der Waals surface area contributed by atoms with Crippen LogP contribution in [0.4, 0.5) is 14.5 Å². The molecule has 3 aliphatic rings. The lowest BCUT2D eigenvalue weighted by Gasteiger charge is -2.46. The molecule has 0 aliphatic carbocycles. The molecule has 3 aliphatic heterocycles. The van der Waals surface area contributed by atoms with Crippen LogP contribution in [-0.2, 0) is 16.1 Å². The van der Waals surface area contributed by atoms with Crippen LogP contribution in [0.1, 0.15) is 38.2 Å². The molecular weight excluding hydrogens is 404 g/mol. The van der Waals surface area contributed by atoms with Gasteiger partial charge in [0.15, 0.2) is 0 Å². The fourth-order valence-corrected chi connectivity index (χ4v) is 4.96. The van der Waals surface area contributed by atoms with Crippen molar-refractivity contribution in [1.82, 2.24) is 15.5 Å². The van der Waals surface area contributed by atoms with Gasteiger partial charge < -0.3 is 21.3 Å². The highest BCUT2D eigenvalue weighted by molar-refractivity contribution is 5.84. The van der Waals surface area contributed by atoms with Crippen LogP contribution in [0.25, 0.3) is 0 Å². The first kappa shape index (κ1) is 22.0. The minimum absolute atomic E-state index is 0.0166. The van der Waals surface area contributed by atoms with Crippen molar-refractivity contribution in [3.05, 3.63) is 29.3 Å². The molecule has 0 bridgehead atoms. The molecule has 1 spiro atoms. The van der Waals surface area contributed by atoms with Crippen molar-refractivity contribution in [2.75, 3.05) is 44.2 Å². The number of carbonyl (C=O) groups excluding carboxylic acids is 2. The van der Waals surface area contributed by atoms with Gasteiger partial charge in [-0.15, -0.1) is 0 Å². The Morgan fingerprint density at radius 1 is 1.13 bits per heavy atom. The van der Waals surface area contributed by atoms with Crippen molar-refractivity contribution in [2.45, 2.75) is 44.7 Å². The number of piperidine rings is 2. The van der Waals surface area contributed by atoms with E-state index in [2.05, 4.69) is 10.6 Å². The molecule has 3 fully saturated rings. The summed E-state index contributed by atoms with van der Waals surface area (Å²) in [6, 6.07) is 2.46. The Labute approximate surface area is 181 Å². The molecule has 4 N–H and O–H groups in total. The van der Waals surface area contributed by atoms with Gasteiger partial charge >= 0.3 is 0 Å². The number of amides is 2. The second-order valence-electron chi connectivity index (χ2n) is 9.53. The van der Waals surface area contributed by atoms with E-state index in [1.165, 1.54) is 12.1 Å². The van der Waals surface area contributed by atoms with E-state index in [-0.39, 0.29) is 36.2 Å². The lowest BCUT2D eigenvalue weighted by atomic mass is 9.79. The smallest absolute Gasteiger partial charge is 0.240 e. The maximum Gasteiger partial charge on any atom is 0.240 e. The van der Waals surface area contributed by atoms with E-state index in [1.807, 2.05) is 11.8 Å². The molecule has 1 aromatic carbocycles. The standard InChI is InChI=1S/C22H31F2N5O2/c1-21(20(25)31)4-8-28(9-5-21)12-15-10-17(24)18(11-16(15)23)29-13-19(30)27-22(14-29)2-6-26-7-3-22/h10-11,26H,2-9,12-14H2,1H3,(H2,25,31)(H,27,30). The number of nitrogens with zero attached hydrogens (tertiary/aromatic N) is 2. The Balaban J connectivity index is 1.47. The number of rotatable bonds is 4. The largest absolute Gasteiger partial charge is 0.369 e. The molecule has 0 unspecified atom stereocenters. The number of carbonyl (C=O) groups is 2. The number of halogens is 2. The van der Waals surface area contributed by atoms with Crippen molar-refractivity contribution in [3.8, 4) is 0 Å². The SMILES string of the molecule is CC1(C(N)=O)CCN(Cc2cc(F)c(N3CC(=O)NC4(CCNCC4)C3)cc2F)CC1. The highest BCUT2D eigenvalue weighted by Crippen LogP contribution is 2.33. The molecule has 3 heterocycles. The monoisotopic (exact) mass is 435 g/mol. The number of hydrogen-bond acceptors (Lipinski definition) is 5. The quantitative estimate of drug-likeness (QED) is 0.659. The zero-order chi connectivity index (χ0) is 22.2. The van der Waals surface area contributed by atoms with E-state index in [0.29, 0.717) is 32.5 Å². The number of nitrogens with two attached hydrogens (primary N) is 1. The molecule has 0 atom stereocenters. The molecule has 9 heteroatoms. The number of hydrogen-bond donors (Lipinski definition) is 3. The van der Waals surface area contributed by atoms with E-state index in [0.717, 1.165) is 25.9 Å². The Morgan fingerprint density at radius 2 is 1.81 bits per heavy atom. The lowest BCUT2D eigenvalue weighted by molar-refractivity contribution is -0.129. The van der Waals surface area contributed by atoms with Crippen LogP contribution in [0, 0.1) is 17.0 Å². The molecule has 1 aromatic rings. The second-order valence-corrected chi connectivity index (χ2v) is 9.53. The normalized spacial score (nSPS) is 23.6. The first-order chi connectivity index (χ1) is 14.7. The van der Waals surface area contributed by atoms with Gasteiger partial charge in [0.2, 0.25) is 11.8 Å². The summed E-state index contributed by atoms with van der Waals surface area (Å²) in [7, 11) is 0. The third kappa shape index (κ3) is 4.52. The molecule has 3 saturated heterocycles. The second kappa shape index (κ2) is 8.35. The summed E-state index contributed by atoms with van der Waals surface area (Å²) >= 11 is 0. The minimum Gasteiger partial charge on any atom is -0.369 e. The summed E-state index contributed by atoms with van der Waals surface area (Å²) in [5.41, 5.74) is 4.96. The first-order valence-corrected chi connectivity index (χ1v) is 11.0. The number of primary amides is 1. The summed E-state index contributed by atoms with van der Waals surface area (Å²) in [5, 5.41) is 6.34. The summed E-state index contributed by atoms with van der Waals surface area (Å²) < 4.78 is 30.0. The average molecular weight is 436 g/mol. The molecule has 0 saturated carbocycles.